The third kappa shape index (κ3) is 4.13. The summed E-state index contributed by atoms with van der Waals surface area (Å²) in [6, 6.07) is -0.545. The fraction of sp³-hybridized carbons (Fsp3) is 0.889. The van der Waals surface area contributed by atoms with Crippen molar-refractivity contribution in [3.63, 3.8) is 0 Å². The number of carbonyl (C=O) groups excluding carboxylic acids is 2. The number of nitrogens with one attached hydrogen (secondary N) is 1. The van der Waals surface area contributed by atoms with Gasteiger partial charge in [0.15, 0.2) is 0 Å². The van der Waals surface area contributed by atoms with Crippen LogP contribution in [0.5, 0.6) is 0 Å². The quantitative estimate of drug-likeness (QED) is 0.702. The van der Waals surface area contributed by atoms with E-state index in [1.54, 1.807) is 4.90 Å². The summed E-state index contributed by atoms with van der Waals surface area (Å²) in [5.74, 6) is 0.0121. The van der Waals surface area contributed by atoms with Crippen LogP contribution >= 0.6 is 0 Å². The molecule has 3 saturated heterocycles. The molecule has 9 nitrogen and oxygen atoms in total. The summed E-state index contributed by atoms with van der Waals surface area (Å²) in [5, 5.41) is 2.90. The number of nitrogens with zero attached hydrogens (tertiary/aromatic N) is 3. The van der Waals surface area contributed by atoms with E-state index in [1.165, 1.54) is 10.6 Å². The Labute approximate surface area is 167 Å². The van der Waals surface area contributed by atoms with Crippen LogP contribution in [-0.2, 0) is 19.6 Å². The number of hydrogen-bond donors (Lipinski definition) is 1. The average molecular weight is 417 g/mol. The number of likely N-dealkylation sites (tertiary alicyclic amines) is 1. The van der Waals surface area contributed by atoms with Crippen LogP contribution in [0.3, 0.4) is 0 Å². The van der Waals surface area contributed by atoms with Crippen molar-refractivity contribution in [1.82, 2.24) is 19.4 Å². The molecule has 3 rings (SSSR count). The van der Waals surface area contributed by atoms with Gasteiger partial charge in [0, 0.05) is 44.8 Å². The Morgan fingerprint density at radius 1 is 1.04 bits per heavy atom. The van der Waals surface area contributed by atoms with Crippen LogP contribution in [0.4, 0.5) is 4.79 Å². The Morgan fingerprint density at radius 2 is 1.68 bits per heavy atom. The van der Waals surface area contributed by atoms with E-state index in [0.717, 1.165) is 0 Å². The topological polar surface area (TPSA) is 99.3 Å². The third-order valence-corrected chi connectivity index (χ3v) is 7.40. The molecule has 0 aliphatic carbocycles. The normalized spacial score (nSPS) is 29.5. The highest BCUT2D eigenvalue weighted by atomic mass is 32.2. The molecule has 0 saturated carbocycles. The summed E-state index contributed by atoms with van der Waals surface area (Å²) in [7, 11) is -3.43. The lowest BCUT2D eigenvalue weighted by Crippen LogP contribution is -2.54. The molecular formula is C18H32N4O5S. The van der Waals surface area contributed by atoms with E-state index < -0.39 is 21.5 Å². The van der Waals surface area contributed by atoms with Crippen molar-refractivity contribution < 1.29 is 22.7 Å². The summed E-state index contributed by atoms with van der Waals surface area (Å²) in [4.78, 5) is 29.6. The van der Waals surface area contributed by atoms with Crippen molar-refractivity contribution in [2.45, 2.75) is 45.2 Å². The second-order valence-corrected chi connectivity index (χ2v) is 10.3. The van der Waals surface area contributed by atoms with Gasteiger partial charge in [-0.25, -0.2) is 13.2 Å². The molecule has 3 amide bonds. The van der Waals surface area contributed by atoms with E-state index in [2.05, 4.69) is 5.32 Å². The van der Waals surface area contributed by atoms with Gasteiger partial charge < -0.3 is 19.9 Å². The van der Waals surface area contributed by atoms with Gasteiger partial charge in [0.05, 0.1) is 24.9 Å². The van der Waals surface area contributed by atoms with Crippen LogP contribution in [0.2, 0.25) is 0 Å². The second kappa shape index (κ2) is 8.16. The number of amides is 3. The lowest BCUT2D eigenvalue weighted by atomic mass is 9.75. The Bertz CT molecular complexity index is 707. The zero-order chi connectivity index (χ0) is 20.5. The molecule has 0 aromatic rings. The van der Waals surface area contributed by atoms with Crippen LogP contribution in [0.25, 0.3) is 0 Å². The molecule has 3 fully saturated rings. The average Bonchev–Trinajstić information content (AvgIpc) is 2.91. The molecule has 2 atom stereocenters. The molecule has 1 N–H and O–H groups in total. The molecule has 3 heterocycles. The number of hydrogen-bond acceptors (Lipinski definition) is 5. The number of ether oxygens (including phenoxy) is 1. The molecule has 10 heteroatoms. The number of sulfonamides is 1. The van der Waals surface area contributed by atoms with Crippen LogP contribution in [0, 0.1) is 5.41 Å². The van der Waals surface area contributed by atoms with Gasteiger partial charge in [-0.2, -0.15) is 4.31 Å². The van der Waals surface area contributed by atoms with E-state index in [-0.39, 0.29) is 18.0 Å². The van der Waals surface area contributed by atoms with Crippen LogP contribution in [0.1, 0.15) is 33.1 Å². The molecule has 0 spiro atoms. The van der Waals surface area contributed by atoms with Crippen molar-refractivity contribution in [1.29, 1.82) is 0 Å². The lowest BCUT2D eigenvalue weighted by molar-refractivity contribution is -0.147. The largest absolute Gasteiger partial charge is 0.378 e. The highest BCUT2D eigenvalue weighted by Crippen LogP contribution is 2.46. The van der Waals surface area contributed by atoms with Gasteiger partial charge in [-0.15, -0.1) is 0 Å². The first-order chi connectivity index (χ1) is 13.1. The van der Waals surface area contributed by atoms with Gasteiger partial charge in [-0.1, -0.05) is 0 Å². The molecule has 28 heavy (non-hydrogen) atoms. The van der Waals surface area contributed by atoms with Crippen LogP contribution < -0.4 is 5.32 Å². The van der Waals surface area contributed by atoms with Crippen molar-refractivity contribution in [2.75, 3.05) is 52.2 Å². The maximum atomic E-state index is 13.6. The van der Waals surface area contributed by atoms with Gasteiger partial charge in [0.25, 0.3) is 0 Å². The lowest BCUT2D eigenvalue weighted by Gasteiger charge is -2.39. The van der Waals surface area contributed by atoms with E-state index in [4.69, 9.17) is 4.74 Å². The second-order valence-electron chi connectivity index (χ2n) is 8.33. The van der Waals surface area contributed by atoms with E-state index in [1.807, 2.05) is 18.7 Å². The molecule has 0 radical (unpaired) electrons. The number of fused-ring (bicyclic) bond motifs is 1. The first-order valence-electron chi connectivity index (χ1n) is 10.0. The summed E-state index contributed by atoms with van der Waals surface area (Å²) < 4.78 is 31.6. The van der Waals surface area contributed by atoms with Gasteiger partial charge >= 0.3 is 6.03 Å². The summed E-state index contributed by atoms with van der Waals surface area (Å²) in [5.41, 5.74) is -0.771. The molecule has 0 aromatic carbocycles. The van der Waals surface area contributed by atoms with E-state index in [0.29, 0.717) is 65.2 Å². The van der Waals surface area contributed by atoms with Gasteiger partial charge in [-0.05, 0) is 33.1 Å². The van der Waals surface area contributed by atoms with Gasteiger partial charge in [0.2, 0.25) is 15.9 Å². The van der Waals surface area contributed by atoms with Gasteiger partial charge in [-0.3, -0.25) is 4.79 Å². The highest BCUT2D eigenvalue weighted by Gasteiger charge is 2.57. The maximum absolute atomic E-state index is 13.6. The fourth-order valence-electron chi connectivity index (χ4n) is 4.72. The Morgan fingerprint density at radius 3 is 2.29 bits per heavy atom. The minimum Gasteiger partial charge on any atom is -0.378 e. The highest BCUT2D eigenvalue weighted by molar-refractivity contribution is 7.88. The Kier molecular flexibility index (Phi) is 6.21. The molecule has 0 aromatic heterocycles. The molecule has 0 bridgehead atoms. The van der Waals surface area contributed by atoms with Crippen molar-refractivity contribution >= 4 is 22.0 Å². The smallest absolute Gasteiger partial charge is 0.317 e. The zero-order valence-electron chi connectivity index (χ0n) is 17.0. The molecule has 3 aliphatic rings. The Balaban J connectivity index is 1.88. The van der Waals surface area contributed by atoms with Crippen LogP contribution in [0.15, 0.2) is 0 Å². The molecule has 0 unspecified atom stereocenters. The predicted octanol–water partition coefficient (Wildman–Crippen LogP) is 0.0793. The van der Waals surface area contributed by atoms with Crippen molar-refractivity contribution in [3.05, 3.63) is 0 Å². The number of carbonyl (C=O) groups is 2. The molecule has 3 aliphatic heterocycles. The van der Waals surface area contributed by atoms with E-state index >= 15 is 0 Å². The zero-order valence-corrected chi connectivity index (χ0v) is 17.8. The summed E-state index contributed by atoms with van der Waals surface area (Å²) in [6.45, 7) is 7.12. The van der Waals surface area contributed by atoms with Gasteiger partial charge in [0.1, 0.15) is 0 Å². The number of rotatable bonds is 3. The fourth-order valence-corrected chi connectivity index (χ4v) is 5.91. The minimum absolute atomic E-state index is 0.0121. The minimum atomic E-state index is -3.43. The van der Waals surface area contributed by atoms with E-state index in [9.17, 15) is 18.0 Å². The molecular weight excluding hydrogens is 384 g/mol. The first kappa shape index (κ1) is 21.3. The van der Waals surface area contributed by atoms with Crippen molar-refractivity contribution in [3.8, 4) is 0 Å². The Hall–Kier alpha value is -1.39. The third-order valence-electron chi connectivity index (χ3n) is 6.11. The monoisotopic (exact) mass is 416 g/mol. The van der Waals surface area contributed by atoms with Crippen LogP contribution in [-0.4, -0.2) is 98.7 Å². The van der Waals surface area contributed by atoms with Crippen molar-refractivity contribution in [2.24, 2.45) is 5.41 Å². The SMILES string of the molecule is CC(C)NC(=O)N1CC[C@@H]2N(S(C)(=O)=O)CC[C@]2(C(=O)N2CCOCC2)CC1. The standard InChI is InChI=1S/C18H32N4O5S/c1-14(2)19-17(24)21-7-4-15-18(5-8-21,6-9-22(15)28(3,25)26)16(23)20-10-12-27-13-11-20/h14-15H,4-13H2,1-3H3,(H,19,24)/t15-,18+/m0/s1. The maximum Gasteiger partial charge on any atom is 0.317 e. The summed E-state index contributed by atoms with van der Waals surface area (Å²) in [6.07, 6.45) is 2.65. The summed E-state index contributed by atoms with van der Waals surface area (Å²) >= 11 is 0. The number of urea groups is 1. The predicted molar refractivity (Wildman–Crippen MR) is 104 cm³/mol. The molecule has 160 valence electrons. The number of morpholine rings is 1. The first-order valence-corrected chi connectivity index (χ1v) is 11.9.